The van der Waals surface area contributed by atoms with Crippen molar-refractivity contribution in [2.45, 2.75) is 18.9 Å². The first-order chi connectivity index (χ1) is 9.40. The number of halogens is 1. The van der Waals surface area contributed by atoms with E-state index >= 15 is 0 Å². The number of carbonyl (C=O) groups excluding carboxylic acids is 2. The average Bonchev–Trinajstić information content (AvgIpc) is 2.42. The van der Waals surface area contributed by atoms with Crippen LogP contribution >= 0.6 is 15.9 Å². The summed E-state index contributed by atoms with van der Waals surface area (Å²) in [7, 11) is 0. The maximum absolute atomic E-state index is 11.6. The lowest BCUT2D eigenvalue weighted by atomic mass is 10.2. The summed E-state index contributed by atoms with van der Waals surface area (Å²) in [5.41, 5.74) is 4.48. The van der Waals surface area contributed by atoms with Crippen LogP contribution in [0, 0.1) is 0 Å². The molecule has 2 amide bonds. The van der Waals surface area contributed by atoms with E-state index in [9.17, 15) is 19.5 Å². The highest BCUT2D eigenvalue weighted by Crippen LogP contribution is 2.10. The number of aliphatic carboxylic acids is 1. The SMILES string of the molecule is O=C(O)CC[C@H](O)C(=O)NNC(=O)c1ccc(Br)cc1. The zero-order chi connectivity index (χ0) is 15.1. The van der Waals surface area contributed by atoms with Gasteiger partial charge < -0.3 is 10.2 Å². The molecule has 1 aromatic rings. The first kappa shape index (κ1) is 16.1. The van der Waals surface area contributed by atoms with Crippen LogP contribution < -0.4 is 10.9 Å². The monoisotopic (exact) mass is 344 g/mol. The Labute approximate surface area is 123 Å². The molecular weight excluding hydrogens is 332 g/mol. The molecule has 4 N–H and O–H groups in total. The Hall–Kier alpha value is -1.93. The standard InChI is InChI=1S/C12H13BrN2O5/c13-8-3-1-7(2-4-8)11(19)14-15-12(20)9(16)5-6-10(17)18/h1-4,9,16H,5-6H2,(H,14,19)(H,15,20)(H,17,18)/t9-/m0/s1. The molecule has 0 heterocycles. The fourth-order valence-electron chi connectivity index (χ4n) is 1.27. The molecule has 0 fully saturated rings. The highest BCUT2D eigenvalue weighted by molar-refractivity contribution is 9.10. The molecule has 7 nitrogen and oxygen atoms in total. The second kappa shape index (κ2) is 7.61. The highest BCUT2D eigenvalue weighted by Gasteiger charge is 2.17. The molecule has 0 aromatic heterocycles. The molecule has 0 saturated carbocycles. The first-order valence-corrected chi connectivity index (χ1v) is 6.45. The summed E-state index contributed by atoms with van der Waals surface area (Å²) in [6.07, 6.45) is -2.05. The summed E-state index contributed by atoms with van der Waals surface area (Å²) in [6, 6.07) is 6.43. The Morgan fingerprint density at radius 3 is 2.30 bits per heavy atom. The number of benzene rings is 1. The second-order valence-corrected chi connectivity index (χ2v) is 4.81. The Morgan fingerprint density at radius 1 is 1.15 bits per heavy atom. The van der Waals surface area contributed by atoms with E-state index in [4.69, 9.17) is 5.11 Å². The molecular formula is C12H13BrN2O5. The minimum absolute atomic E-state index is 0.227. The normalized spacial score (nSPS) is 11.5. The van der Waals surface area contributed by atoms with Gasteiger partial charge in [0.25, 0.3) is 11.8 Å². The van der Waals surface area contributed by atoms with Gasteiger partial charge >= 0.3 is 5.97 Å². The van der Waals surface area contributed by atoms with Crippen molar-refractivity contribution in [3.05, 3.63) is 34.3 Å². The molecule has 0 bridgehead atoms. The van der Waals surface area contributed by atoms with E-state index in [2.05, 4.69) is 21.4 Å². The van der Waals surface area contributed by atoms with Crippen molar-refractivity contribution < 1.29 is 24.6 Å². The van der Waals surface area contributed by atoms with Gasteiger partial charge in [-0.3, -0.25) is 25.2 Å². The Kier molecular flexibility index (Phi) is 6.13. The number of carboxylic acids is 1. The zero-order valence-corrected chi connectivity index (χ0v) is 11.9. The van der Waals surface area contributed by atoms with Crippen LogP contribution in [0.1, 0.15) is 23.2 Å². The Morgan fingerprint density at radius 2 is 1.75 bits per heavy atom. The van der Waals surface area contributed by atoms with Gasteiger partial charge in [-0.15, -0.1) is 0 Å². The smallest absolute Gasteiger partial charge is 0.303 e. The molecule has 1 atom stereocenters. The lowest BCUT2D eigenvalue weighted by Crippen LogP contribution is -2.46. The van der Waals surface area contributed by atoms with E-state index < -0.39 is 23.9 Å². The summed E-state index contributed by atoms with van der Waals surface area (Å²) >= 11 is 3.22. The number of carboxylic acid groups (broad SMARTS) is 1. The largest absolute Gasteiger partial charge is 0.481 e. The van der Waals surface area contributed by atoms with E-state index in [1.54, 1.807) is 24.3 Å². The van der Waals surface area contributed by atoms with Crippen molar-refractivity contribution in [3.63, 3.8) is 0 Å². The van der Waals surface area contributed by atoms with E-state index in [1.165, 1.54) is 0 Å². The third-order valence-corrected chi connectivity index (χ3v) is 2.87. The molecule has 1 aromatic carbocycles. The van der Waals surface area contributed by atoms with Crippen molar-refractivity contribution in [1.29, 1.82) is 0 Å². The third kappa shape index (κ3) is 5.37. The van der Waals surface area contributed by atoms with Gasteiger partial charge in [-0.1, -0.05) is 15.9 Å². The van der Waals surface area contributed by atoms with Crippen LogP contribution in [-0.4, -0.2) is 34.1 Å². The molecule has 0 aliphatic carbocycles. The molecule has 0 spiro atoms. The summed E-state index contributed by atoms with van der Waals surface area (Å²) in [5, 5.41) is 17.8. The molecule has 0 saturated heterocycles. The average molecular weight is 345 g/mol. The van der Waals surface area contributed by atoms with Gasteiger partial charge in [0.05, 0.1) is 0 Å². The molecule has 8 heteroatoms. The minimum atomic E-state index is -1.49. The Balaban J connectivity index is 2.42. The van der Waals surface area contributed by atoms with Crippen molar-refractivity contribution in [1.82, 2.24) is 10.9 Å². The quantitative estimate of drug-likeness (QED) is 0.578. The topological polar surface area (TPSA) is 116 Å². The van der Waals surface area contributed by atoms with E-state index in [-0.39, 0.29) is 12.8 Å². The predicted molar refractivity (Wildman–Crippen MR) is 72.6 cm³/mol. The number of hydrogen-bond donors (Lipinski definition) is 4. The number of hydrogen-bond acceptors (Lipinski definition) is 4. The van der Waals surface area contributed by atoms with E-state index in [0.717, 1.165) is 4.47 Å². The van der Waals surface area contributed by atoms with Crippen LogP contribution in [0.4, 0.5) is 0 Å². The number of rotatable bonds is 5. The fourth-order valence-corrected chi connectivity index (χ4v) is 1.53. The number of nitrogens with one attached hydrogen (secondary N) is 2. The first-order valence-electron chi connectivity index (χ1n) is 5.66. The summed E-state index contributed by atoms with van der Waals surface area (Å²) < 4.78 is 0.808. The molecule has 1 rings (SSSR count). The maximum atomic E-state index is 11.6. The van der Waals surface area contributed by atoms with Crippen LogP contribution in [-0.2, 0) is 9.59 Å². The predicted octanol–water partition coefficient (Wildman–Crippen LogP) is 0.436. The van der Waals surface area contributed by atoms with Crippen molar-refractivity contribution >= 4 is 33.7 Å². The van der Waals surface area contributed by atoms with Gasteiger partial charge in [-0.2, -0.15) is 0 Å². The molecule has 0 radical (unpaired) electrons. The van der Waals surface area contributed by atoms with E-state index in [0.29, 0.717) is 5.56 Å². The van der Waals surface area contributed by atoms with Crippen LogP contribution in [0.2, 0.25) is 0 Å². The van der Waals surface area contributed by atoms with Gasteiger partial charge in [0.15, 0.2) is 0 Å². The lowest BCUT2D eigenvalue weighted by molar-refractivity contribution is -0.138. The highest BCUT2D eigenvalue weighted by atomic mass is 79.9. The van der Waals surface area contributed by atoms with Gasteiger partial charge in [-0.25, -0.2) is 0 Å². The number of aliphatic hydroxyl groups excluding tert-OH is 1. The van der Waals surface area contributed by atoms with E-state index in [1.807, 2.05) is 5.43 Å². The molecule has 0 unspecified atom stereocenters. The second-order valence-electron chi connectivity index (χ2n) is 3.90. The van der Waals surface area contributed by atoms with Gasteiger partial charge in [0.1, 0.15) is 6.10 Å². The zero-order valence-electron chi connectivity index (χ0n) is 10.3. The van der Waals surface area contributed by atoms with Crippen LogP contribution in [0.3, 0.4) is 0 Å². The van der Waals surface area contributed by atoms with Crippen LogP contribution in [0.5, 0.6) is 0 Å². The lowest BCUT2D eigenvalue weighted by Gasteiger charge is -2.11. The van der Waals surface area contributed by atoms with Crippen LogP contribution in [0.15, 0.2) is 28.7 Å². The summed E-state index contributed by atoms with van der Waals surface area (Å²) in [6.45, 7) is 0. The van der Waals surface area contributed by atoms with Crippen molar-refractivity contribution in [3.8, 4) is 0 Å². The summed E-state index contributed by atoms with van der Waals surface area (Å²) in [4.78, 5) is 33.3. The fraction of sp³-hybridized carbons (Fsp3) is 0.250. The Bertz CT molecular complexity index is 503. The molecule has 20 heavy (non-hydrogen) atoms. The van der Waals surface area contributed by atoms with Crippen LogP contribution in [0.25, 0.3) is 0 Å². The number of carbonyl (C=O) groups is 3. The number of aliphatic hydroxyl groups is 1. The van der Waals surface area contributed by atoms with Crippen molar-refractivity contribution in [2.24, 2.45) is 0 Å². The number of amides is 2. The van der Waals surface area contributed by atoms with Gasteiger partial charge in [0.2, 0.25) is 0 Å². The molecule has 108 valence electrons. The molecule has 0 aliphatic rings. The van der Waals surface area contributed by atoms with Gasteiger partial charge in [0, 0.05) is 16.5 Å². The van der Waals surface area contributed by atoms with Crippen molar-refractivity contribution in [2.75, 3.05) is 0 Å². The summed E-state index contributed by atoms with van der Waals surface area (Å²) in [5.74, 6) is -2.52. The van der Waals surface area contributed by atoms with Gasteiger partial charge in [-0.05, 0) is 30.7 Å². The minimum Gasteiger partial charge on any atom is -0.481 e. The third-order valence-electron chi connectivity index (χ3n) is 2.34. The molecule has 0 aliphatic heterocycles. The number of hydrazine groups is 1. The maximum Gasteiger partial charge on any atom is 0.303 e.